The van der Waals surface area contributed by atoms with Gasteiger partial charge in [-0.1, -0.05) is 60.7 Å². The standard InChI is InChI=1S/C28H29N7O6S/c1-18-14-35(15-22(24(36)37)32-28(40)41-16-20-10-6-3-7-11-20)27(39)33-23(18)29-13-21-17-42-26(31-21)34-25(38)30-12-19-8-4-2-5-9-19/h2-11,14,17,22H,12-13,15-16H2,1H3,(H,32,40)(H,36,37)(H,29,33,39)(H2,30,31,34,38)/t22-/m0/s1. The highest BCUT2D eigenvalue weighted by molar-refractivity contribution is 7.13. The summed E-state index contributed by atoms with van der Waals surface area (Å²) in [5.74, 6) is -1.04. The van der Waals surface area contributed by atoms with E-state index in [0.717, 1.165) is 15.7 Å². The van der Waals surface area contributed by atoms with Crippen LogP contribution >= 0.6 is 11.3 Å². The van der Waals surface area contributed by atoms with Crippen LogP contribution in [0.5, 0.6) is 0 Å². The van der Waals surface area contributed by atoms with Gasteiger partial charge >= 0.3 is 23.8 Å². The maximum absolute atomic E-state index is 12.7. The van der Waals surface area contributed by atoms with E-state index in [1.54, 1.807) is 36.6 Å². The van der Waals surface area contributed by atoms with Crippen LogP contribution in [-0.4, -0.2) is 43.8 Å². The molecule has 2 aromatic heterocycles. The van der Waals surface area contributed by atoms with Gasteiger partial charge in [0.15, 0.2) is 5.13 Å². The van der Waals surface area contributed by atoms with Crippen molar-refractivity contribution in [1.29, 1.82) is 0 Å². The molecule has 1 atom stereocenters. The Balaban J connectivity index is 1.28. The van der Waals surface area contributed by atoms with Crippen LogP contribution in [0.3, 0.4) is 0 Å². The molecule has 3 amide bonds. The first-order chi connectivity index (χ1) is 20.3. The van der Waals surface area contributed by atoms with E-state index in [1.165, 1.54) is 17.5 Å². The molecule has 0 aliphatic rings. The molecule has 218 valence electrons. The van der Waals surface area contributed by atoms with E-state index in [1.807, 2.05) is 36.4 Å². The number of carbonyl (C=O) groups is 3. The molecule has 2 heterocycles. The molecular weight excluding hydrogens is 562 g/mol. The number of carbonyl (C=O) groups excluding carboxylic acids is 2. The number of urea groups is 1. The van der Waals surface area contributed by atoms with Crippen LogP contribution in [0.25, 0.3) is 0 Å². The third-order valence-electron chi connectivity index (χ3n) is 5.86. The summed E-state index contributed by atoms with van der Waals surface area (Å²) >= 11 is 1.25. The van der Waals surface area contributed by atoms with Gasteiger partial charge in [0.25, 0.3) is 0 Å². The smallest absolute Gasteiger partial charge is 0.408 e. The van der Waals surface area contributed by atoms with Crippen molar-refractivity contribution >= 4 is 40.4 Å². The molecule has 4 rings (SSSR count). The summed E-state index contributed by atoms with van der Waals surface area (Å²) < 4.78 is 6.20. The second kappa shape index (κ2) is 14.4. The Kier molecular flexibility index (Phi) is 10.2. The summed E-state index contributed by atoms with van der Waals surface area (Å²) in [4.78, 5) is 57.1. The first kappa shape index (κ1) is 29.7. The van der Waals surface area contributed by atoms with Gasteiger partial charge in [-0.3, -0.25) is 9.88 Å². The molecule has 2 aromatic carbocycles. The van der Waals surface area contributed by atoms with Crippen molar-refractivity contribution in [2.24, 2.45) is 0 Å². The number of nitrogens with zero attached hydrogens (tertiary/aromatic N) is 3. The highest BCUT2D eigenvalue weighted by Crippen LogP contribution is 2.17. The van der Waals surface area contributed by atoms with Crippen molar-refractivity contribution < 1.29 is 24.2 Å². The minimum absolute atomic E-state index is 0.0298. The fourth-order valence-electron chi connectivity index (χ4n) is 3.74. The van der Waals surface area contributed by atoms with E-state index >= 15 is 0 Å². The Morgan fingerprint density at radius 2 is 1.69 bits per heavy atom. The lowest BCUT2D eigenvalue weighted by Crippen LogP contribution is -2.45. The van der Waals surface area contributed by atoms with Gasteiger partial charge in [-0.25, -0.2) is 24.2 Å². The molecule has 42 heavy (non-hydrogen) atoms. The number of thiazole rings is 1. The average Bonchev–Trinajstić information content (AvgIpc) is 3.43. The van der Waals surface area contributed by atoms with Crippen molar-refractivity contribution in [3.05, 3.63) is 105 Å². The normalized spacial score (nSPS) is 11.3. The molecule has 0 saturated carbocycles. The van der Waals surface area contributed by atoms with Gasteiger partial charge in [0, 0.05) is 23.7 Å². The third-order valence-corrected chi connectivity index (χ3v) is 6.67. The molecule has 14 heteroatoms. The fourth-order valence-corrected chi connectivity index (χ4v) is 4.44. The molecule has 0 bridgehead atoms. The number of alkyl carbamates (subject to hydrolysis) is 1. The van der Waals surface area contributed by atoms with E-state index in [-0.39, 0.29) is 25.7 Å². The molecule has 4 aromatic rings. The number of rotatable bonds is 12. The van der Waals surface area contributed by atoms with Gasteiger partial charge in [0.1, 0.15) is 18.5 Å². The van der Waals surface area contributed by atoms with Crippen LogP contribution in [0.2, 0.25) is 0 Å². The highest BCUT2D eigenvalue weighted by atomic mass is 32.1. The summed E-state index contributed by atoms with van der Waals surface area (Å²) in [6.07, 6.45) is 0.531. The molecule has 5 N–H and O–H groups in total. The van der Waals surface area contributed by atoms with Crippen LogP contribution in [0.1, 0.15) is 22.4 Å². The van der Waals surface area contributed by atoms with E-state index in [0.29, 0.717) is 28.8 Å². The molecule has 13 nitrogen and oxygen atoms in total. The number of aryl methyl sites for hydroxylation is 1. The summed E-state index contributed by atoms with van der Waals surface area (Å²) in [5, 5.41) is 22.5. The molecule has 0 unspecified atom stereocenters. The molecular formula is C28H29N7O6S. The monoisotopic (exact) mass is 591 g/mol. The number of aromatic nitrogens is 3. The largest absolute Gasteiger partial charge is 0.480 e. The predicted octanol–water partition coefficient (Wildman–Crippen LogP) is 3.32. The Labute approximate surface area is 244 Å². The lowest BCUT2D eigenvalue weighted by atomic mass is 10.2. The zero-order chi connectivity index (χ0) is 29.9. The second-order valence-electron chi connectivity index (χ2n) is 9.10. The van der Waals surface area contributed by atoms with Crippen molar-refractivity contribution in [2.45, 2.75) is 39.2 Å². The topological polar surface area (TPSA) is 177 Å². The summed E-state index contributed by atoms with van der Waals surface area (Å²) in [6, 6.07) is 16.6. The van der Waals surface area contributed by atoms with Crippen LogP contribution < -0.4 is 27.0 Å². The quantitative estimate of drug-likeness (QED) is 0.165. The van der Waals surface area contributed by atoms with E-state index < -0.39 is 23.8 Å². The number of anilines is 2. The zero-order valence-electron chi connectivity index (χ0n) is 22.6. The van der Waals surface area contributed by atoms with Crippen LogP contribution in [0.4, 0.5) is 20.5 Å². The van der Waals surface area contributed by atoms with Crippen molar-refractivity contribution in [3.8, 4) is 0 Å². The maximum atomic E-state index is 12.7. The molecule has 0 radical (unpaired) electrons. The number of hydrogen-bond donors (Lipinski definition) is 5. The lowest BCUT2D eigenvalue weighted by molar-refractivity contribution is -0.139. The molecule has 0 aliphatic carbocycles. The number of ether oxygens (including phenoxy) is 1. The van der Waals surface area contributed by atoms with Gasteiger partial charge in [-0.15, -0.1) is 11.3 Å². The summed E-state index contributed by atoms with van der Waals surface area (Å²) in [6.45, 7) is 1.93. The lowest BCUT2D eigenvalue weighted by Gasteiger charge is -2.17. The molecule has 0 aliphatic heterocycles. The number of benzene rings is 2. The first-order valence-electron chi connectivity index (χ1n) is 12.8. The van der Waals surface area contributed by atoms with Gasteiger partial charge in [-0.05, 0) is 18.1 Å². The van der Waals surface area contributed by atoms with Gasteiger partial charge in [0.05, 0.1) is 18.8 Å². The summed E-state index contributed by atoms with van der Waals surface area (Å²) in [7, 11) is 0. The number of amides is 3. The van der Waals surface area contributed by atoms with Gasteiger partial charge in [-0.2, -0.15) is 4.98 Å². The second-order valence-corrected chi connectivity index (χ2v) is 9.95. The third kappa shape index (κ3) is 8.89. The predicted molar refractivity (Wildman–Crippen MR) is 156 cm³/mol. The Bertz CT molecular complexity index is 1580. The summed E-state index contributed by atoms with van der Waals surface area (Å²) in [5.41, 5.74) is 2.20. The van der Waals surface area contributed by atoms with E-state index in [9.17, 15) is 24.3 Å². The molecule has 0 saturated heterocycles. The zero-order valence-corrected chi connectivity index (χ0v) is 23.4. The maximum Gasteiger partial charge on any atom is 0.408 e. The Hall–Kier alpha value is -5.24. The number of hydrogen-bond acceptors (Lipinski definition) is 9. The van der Waals surface area contributed by atoms with Gasteiger partial charge < -0.3 is 25.8 Å². The van der Waals surface area contributed by atoms with Crippen LogP contribution in [0, 0.1) is 6.92 Å². The van der Waals surface area contributed by atoms with Gasteiger partial charge in [0.2, 0.25) is 0 Å². The molecule has 0 fully saturated rings. The van der Waals surface area contributed by atoms with Crippen LogP contribution in [-0.2, 0) is 35.8 Å². The van der Waals surface area contributed by atoms with E-state index in [2.05, 4.69) is 31.2 Å². The van der Waals surface area contributed by atoms with Crippen molar-refractivity contribution in [1.82, 2.24) is 25.2 Å². The minimum atomic E-state index is -1.42. The SMILES string of the molecule is Cc1cn(C[C@H](NC(=O)OCc2ccccc2)C(=O)O)c(=O)nc1NCc1csc(NC(=O)NCc2ccccc2)n1. The Morgan fingerprint density at radius 3 is 2.38 bits per heavy atom. The fraction of sp³-hybridized carbons (Fsp3) is 0.214. The van der Waals surface area contributed by atoms with Crippen molar-refractivity contribution in [2.75, 3.05) is 10.6 Å². The first-order valence-corrected chi connectivity index (χ1v) is 13.7. The highest BCUT2D eigenvalue weighted by Gasteiger charge is 2.22. The van der Waals surface area contributed by atoms with Crippen molar-refractivity contribution in [3.63, 3.8) is 0 Å². The minimum Gasteiger partial charge on any atom is -0.480 e. The van der Waals surface area contributed by atoms with Crippen LogP contribution in [0.15, 0.2) is 77.0 Å². The number of carboxylic acids is 1. The van der Waals surface area contributed by atoms with E-state index in [4.69, 9.17) is 4.74 Å². The number of nitrogens with one attached hydrogen (secondary N) is 4. The number of carboxylic acid groups (broad SMARTS) is 1. The molecule has 0 spiro atoms. The number of aliphatic carboxylic acids is 1. The Morgan fingerprint density at radius 1 is 1.00 bits per heavy atom. The average molecular weight is 592 g/mol.